The van der Waals surface area contributed by atoms with Crippen molar-refractivity contribution in [3.63, 3.8) is 0 Å². The lowest BCUT2D eigenvalue weighted by atomic mass is 10.0. The van der Waals surface area contributed by atoms with Crippen molar-refractivity contribution < 1.29 is 0 Å². The normalized spacial score (nSPS) is 12.5. The van der Waals surface area contributed by atoms with Crippen molar-refractivity contribution in [1.82, 2.24) is 9.13 Å². The van der Waals surface area contributed by atoms with Crippen LogP contribution < -0.4 is 9.80 Å². The molecule has 0 amide bonds. The molecule has 1 aliphatic rings. The Bertz CT molecular complexity index is 2580. The standard InChI is InChI=1S/C44H30N4/c1-3-14-32(15-4-1)45-27-26-31-28-44-37(30-43(31)45)36-20-7-8-21-38(36)47(44)34-18-13-19-35(29-34)48-41-24-11-9-22-39(41)46(33-16-5-2-6-17-33)40-23-10-12-25-42(40)48/h1-30H. The maximum atomic E-state index is 2.42. The average Bonchev–Trinajstić information content (AvgIpc) is 3.72. The maximum absolute atomic E-state index is 2.42. The highest BCUT2D eigenvalue weighted by Crippen LogP contribution is 2.54. The number of aromatic nitrogens is 2. The number of para-hydroxylation sites is 7. The summed E-state index contributed by atoms with van der Waals surface area (Å²) in [7, 11) is 0. The van der Waals surface area contributed by atoms with Gasteiger partial charge in [-0.25, -0.2) is 0 Å². The summed E-state index contributed by atoms with van der Waals surface area (Å²) in [5.41, 5.74) is 12.7. The molecule has 0 saturated carbocycles. The van der Waals surface area contributed by atoms with Gasteiger partial charge in [0.1, 0.15) is 0 Å². The second-order valence-electron chi connectivity index (χ2n) is 12.3. The molecule has 1 aliphatic heterocycles. The van der Waals surface area contributed by atoms with E-state index in [1.54, 1.807) is 0 Å². The summed E-state index contributed by atoms with van der Waals surface area (Å²) in [6.45, 7) is 0. The third-order valence-corrected chi connectivity index (χ3v) is 9.61. The van der Waals surface area contributed by atoms with Crippen molar-refractivity contribution in [2.75, 3.05) is 9.80 Å². The molecule has 0 radical (unpaired) electrons. The van der Waals surface area contributed by atoms with Gasteiger partial charge in [-0.2, -0.15) is 0 Å². The first-order valence-corrected chi connectivity index (χ1v) is 16.4. The molecule has 0 bridgehead atoms. The van der Waals surface area contributed by atoms with Gasteiger partial charge in [0.25, 0.3) is 0 Å². The Hall–Kier alpha value is -6.52. The molecule has 2 aromatic heterocycles. The van der Waals surface area contributed by atoms with E-state index >= 15 is 0 Å². The van der Waals surface area contributed by atoms with E-state index in [1.165, 1.54) is 32.7 Å². The molecule has 48 heavy (non-hydrogen) atoms. The van der Waals surface area contributed by atoms with Gasteiger partial charge >= 0.3 is 0 Å². The lowest BCUT2D eigenvalue weighted by molar-refractivity contribution is 1.13. The molecule has 0 unspecified atom stereocenters. The molecule has 9 aromatic rings. The summed E-state index contributed by atoms with van der Waals surface area (Å²) in [6, 6.07) is 63.3. The van der Waals surface area contributed by atoms with Crippen LogP contribution in [0.5, 0.6) is 0 Å². The number of nitrogens with zero attached hydrogens (tertiary/aromatic N) is 4. The first kappa shape index (κ1) is 26.7. The van der Waals surface area contributed by atoms with Crippen LogP contribution in [0.25, 0.3) is 44.1 Å². The highest BCUT2D eigenvalue weighted by Gasteiger charge is 2.30. The summed E-state index contributed by atoms with van der Waals surface area (Å²) >= 11 is 0. The van der Waals surface area contributed by atoms with Gasteiger partial charge in [-0.1, -0.05) is 84.9 Å². The van der Waals surface area contributed by atoms with Crippen LogP contribution in [0.15, 0.2) is 182 Å². The maximum Gasteiger partial charge on any atom is 0.0703 e. The molecule has 0 fully saturated rings. The lowest BCUT2D eigenvalue weighted by Gasteiger charge is -2.40. The zero-order valence-electron chi connectivity index (χ0n) is 26.1. The first-order valence-electron chi connectivity index (χ1n) is 16.4. The summed E-state index contributed by atoms with van der Waals surface area (Å²) in [5, 5.41) is 3.70. The van der Waals surface area contributed by atoms with Gasteiger partial charge in [0.2, 0.25) is 0 Å². The van der Waals surface area contributed by atoms with Gasteiger partial charge in [-0.05, 0) is 91.0 Å². The monoisotopic (exact) mass is 614 g/mol. The van der Waals surface area contributed by atoms with Gasteiger partial charge in [-0.15, -0.1) is 0 Å². The SMILES string of the molecule is c1ccc(N2c3ccccc3N(c3cccc(-n4c5ccccc5c5cc6c(ccn6-c6ccccc6)cc54)c3)c3ccccc32)cc1. The topological polar surface area (TPSA) is 16.3 Å². The molecule has 10 rings (SSSR count). The van der Waals surface area contributed by atoms with Crippen LogP contribution in [-0.4, -0.2) is 9.13 Å². The third kappa shape index (κ3) is 3.96. The first-order chi connectivity index (χ1) is 23.8. The van der Waals surface area contributed by atoms with E-state index in [4.69, 9.17) is 0 Å². The highest BCUT2D eigenvalue weighted by molar-refractivity contribution is 6.13. The molecule has 226 valence electrons. The van der Waals surface area contributed by atoms with E-state index in [0.717, 1.165) is 45.5 Å². The number of anilines is 6. The summed E-state index contributed by atoms with van der Waals surface area (Å²) in [4.78, 5) is 4.77. The van der Waals surface area contributed by atoms with Crippen LogP contribution >= 0.6 is 0 Å². The minimum atomic E-state index is 1.11. The lowest BCUT2D eigenvalue weighted by Crippen LogP contribution is -2.23. The van der Waals surface area contributed by atoms with Gasteiger partial charge in [-0.3, -0.25) is 0 Å². The Morgan fingerprint density at radius 2 is 0.854 bits per heavy atom. The van der Waals surface area contributed by atoms with Crippen molar-refractivity contribution in [2.45, 2.75) is 0 Å². The molecule has 0 aliphatic carbocycles. The number of hydrogen-bond acceptors (Lipinski definition) is 2. The zero-order chi connectivity index (χ0) is 31.6. The van der Waals surface area contributed by atoms with Crippen LogP contribution in [0.2, 0.25) is 0 Å². The third-order valence-electron chi connectivity index (χ3n) is 9.61. The minimum absolute atomic E-state index is 1.11. The molecular weight excluding hydrogens is 585 g/mol. The molecule has 4 nitrogen and oxygen atoms in total. The van der Waals surface area contributed by atoms with Crippen molar-refractivity contribution >= 4 is 66.8 Å². The number of fused-ring (bicyclic) bond motifs is 6. The van der Waals surface area contributed by atoms with E-state index in [-0.39, 0.29) is 0 Å². The van der Waals surface area contributed by atoms with Gasteiger partial charge < -0.3 is 18.9 Å². The van der Waals surface area contributed by atoms with Crippen LogP contribution in [0.1, 0.15) is 0 Å². The Morgan fingerprint density at radius 1 is 0.312 bits per heavy atom. The molecule has 0 N–H and O–H groups in total. The summed E-state index contributed by atoms with van der Waals surface area (Å²) < 4.78 is 4.71. The predicted octanol–water partition coefficient (Wildman–Crippen LogP) is 12.0. The van der Waals surface area contributed by atoms with Crippen molar-refractivity contribution in [1.29, 1.82) is 0 Å². The largest absolute Gasteiger partial charge is 0.317 e. The van der Waals surface area contributed by atoms with Crippen LogP contribution in [0.4, 0.5) is 34.1 Å². The van der Waals surface area contributed by atoms with Crippen molar-refractivity contribution in [3.8, 4) is 11.4 Å². The number of rotatable bonds is 4. The summed E-state index contributed by atoms with van der Waals surface area (Å²) in [6.07, 6.45) is 2.18. The fraction of sp³-hybridized carbons (Fsp3) is 0. The zero-order valence-corrected chi connectivity index (χ0v) is 26.1. The molecule has 3 heterocycles. The Labute approximate surface area is 278 Å². The van der Waals surface area contributed by atoms with Gasteiger partial charge in [0, 0.05) is 45.1 Å². The number of benzene rings is 7. The van der Waals surface area contributed by atoms with Crippen LogP contribution in [0, 0.1) is 0 Å². The van der Waals surface area contributed by atoms with Gasteiger partial charge in [0.05, 0.1) is 39.3 Å². The van der Waals surface area contributed by atoms with Gasteiger partial charge in [0.15, 0.2) is 0 Å². The smallest absolute Gasteiger partial charge is 0.0703 e. The van der Waals surface area contributed by atoms with E-state index in [1.807, 2.05) is 0 Å². The summed E-state index contributed by atoms with van der Waals surface area (Å²) in [5.74, 6) is 0. The fourth-order valence-corrected chi connectivity index (χ4v) is 7.54. The second kappa shape index (κ2) is 10.5. The number of hydrogen-bond donors (Lipinski definition) is 0. The van der Waals surface area contributed by atoms with Crippen molar-refractivity contribution in [3.05, 3.63) is 182 Å². The van der Waals surface area contributed by atoms with E-state index < -0.39 is 0 Å². The Morgan fingerprint density at radius 3 is 1.54 bits per heavy atom. The molecule has 0 saturated heterocycles. The van der Waals surface area contributed by atoms with E-state index in [2.05, 4.69) is 201 Å². The molecule has 0 spiro atoms. The minimum Gasteiger partial charge on any atom is -0.317 e. The van der Waals surface area contributed by atoms with Crippen LogP contribution in [0.3, 0.4) is 0 Å². The second-order valence-corrected chi connectivity index (χ2v) is 12.3. The van der Waals surface area contributed by atoms with E-state index in [9.17, 15) is 0 Å². The van der Waals surface area contributed by atoms with Crippen molar-refractivity contribution in [2.24, 2.45) is 0 Å². The Kier molecular flexibility index (Phi) is 5.84. The molecule has 4 heteroatoms. The highest BCUT2D eigenvalue weighted by atomic mass is 15.3. The quantitative estimate of drug-likeness (QED) is 0.196. The fourth-order valence-electron chi connectivity index (χ4n) is 7.54. The van der Waals surface area contributed by atoms with Crippen LogP contribution in [-0.2, 0) is 0 Å². The Balaban J connectivity index is 1.18. The average molecular weight is 615 g/mol. The predicted molar refractivity (Wildman–Crippen MR) is 201 cm³/mol. The molecular formula is C44H30N4. The molecule has 0 atom stereocenters. The molecule has 7 aromatic carbocycles. The van der Waals surface area contributed by atoms with E-state index in [0.29, 0.717) is 0 Å².